The summed E-state index contributed by atoms with van der Waals surface area (Å²) in [4.78, 5) is 9.02. The molecular formula is C28H31BrN4O2. The van der Waals surface area contributed by atoms with Gasteiger partial charge >= 0.3 is 0 Å². The maximum Gasteiger partial charge on any atom is 0.230 e. The molecule has 0 amide bonds. The number of hydrogen-bond acceptors (Lipinski definition) is 5. The minimum atomic E-state index is 0.319. The molecule has 0 aromatic carbocycles. The summed E-state index contributed by atoms with van der Waals surface area (Å²) in [7, 11) is 1.88. The van der Waals surface area contributed by atoms with E-state index in [2.05, 4.69) is 58.6 Å². The van der Waals surface area contributed by atoms with Gasteiger partial charge in [0.2, 0.25) is 5.88 Å². The molecule has 1 aliphatic rings. The van der Waals surface area contributed by atoms with Gasteiger partial charge in [0.1, 0.15) is 11.5 Å². The van der Waals surface area contributed by atoms with Crippen LogP contribution < -0.4 is 10.7 Å². The zero-order valence-electron chi connectivity index (χ0n) is 21.0. The highest BCUT2D eigenvalue weighted by Crippen LogP contribution is 2.43. The van der Waals surface area contributed by atoms with Crippen LogP contribution in [-0.2, 0) is 16.5 Å². The van der Waals surface area contributed by atoms with E-state index >= 15 is 0 Å². The van der Waals surface area contributed by atoms with Crippen LogP contribution in [0, 0.1) is 11.3 Å². The van der Waals surface area contributed by atoms with Gasteiger partial charge in [-0.05, 0) is 66.4 Å². The average molecular weight is 535 g/mol. The van der Waals surface area contributed by atoms with E-state index in [0.717, 1.165) is 33.8 Å². The Morgan fingerprint density at radius 2 is 1.97 bits per heavy atom. The minimum absolute atomic E-state index is 0.319. The predicted octanol–water partition coefficient (Wildman–Crippen LogP) is 5.74. The first kappa shape index (κ1) is 27.6. The largest absolute Gasteiger partial charge is 0.443 e. The first-order chi connectivity index (χ1) is 16.7. The zero-order valence-corrected chi connectivity index (χ0v) is 22.6. The molecule has 6 nitrogen and oxygen atoms in total. The van der Waals surface area contributed by atoms with Gasteiger partial charge in [-0.15, -0.1) is 0 Å². The lowest BCUT2D eigenvalue weighted by molar-refractivity contribution is 0.308. The number of allylic oxidation sites excluding steroid dienone is 10. The molecule has 35 heavy (non-hydrogen) atoms. The van der Waals surface area contributed by atoms with Gasteiger partial charge in [-0.2, -0.15) is 10.3 Å². The van der Waals surface area contributed by atoms with Gasteiger partial charge in [0.15, 0.2) is 5.90 Å². The molecule has 1 aromatic rings. The third-order valence-electron chi connectivity index (χ3n) is 5.28. The Balaban J connectivity index is 2.56. The standard InChI is InChI=1S/C28H31BrN4O2/c1-9-21(16-30)14-23(11-3)35-28(26-18(5)13-22(10-2)27(26)29)32-20(7)34-24(12-4)15-25-19(6)33(8)17-31-25/h9,11-12,14-15,17H,1,5-6,10,13H2,2-4,7-8H3/b21-14+,23-11+,24-12+,25-15+,28-26-,32-20+. The second-order valence-electron chi connectivity index (χ2n) is 7.70. The summed E-state index contributed by atoms with van der Waals surface area (Å²) >= 11 is 3.70. The van der Waals surface area contributed by atoms with E-state index in [9.17, 15) is 5.26 Å². The van der Waals surface area contributed by atoms with Gasteiger partial charge in [0.25, 0.3) is 0 Å². The summed E-state index contributed by atoms with van der Waals surface area (Å²) < 4.78 is 15.0. The molecule has 182 valence electrons. The van der Waals surface area contributed by atoms with E-state index in [1.807, 2.05) is 31.5 Å². The number of hydrogen-bond donors (Lipinski definition) is 0. The summed E-state index contributed by atoms with van der Waals surface area (Å²) in [5, 5.41) is 10.8. The van der Waals surface area contributed by atoms with Crippen molar-refractivity contribution >= 4 is 34.5 Å². The summed E-state index contributed by atoms with van der Waals surface area (Å²) in [5.41, 5.74) is 3.24. The van der Waals surface area contributed by atoms with Crippen LogP contribution in [0.3, 0.4) is 0 Å². The monoisotopic (exact) mass is 534 g/mol. The van der Waals surface area contributed by atoms with Gasteiger partial charge in [0.05, 0.1) is 34.2 Å². The van der Waals surface area contributed by atoms with Crippen molar-refractivity contribution in [2.24, 2.45) is 12.0 Å². The van der Waals surface area contributed by atoms with E-state index in [-0.39, 0.29) is 0 Å². The Bertz CT molecular complexity index is 1360. The Hall–Kier alpha value is -3.63. The summed E-state index contributed by atoms with van der Waals surface area (Å²) in [5.74, 6) is 1.70. The lowest BCUT2D eigenvalue weighted by Gasteiger charge is -2.13. The maximum absolute atomic E-state index is 9.30. The Morgan fingerprint density at radius 3 is 2.46 bits per heavy atom. The molecule has 0 saturated heterocycles. The number of halogens is 1. The Morgan fingerprint density at radius 1 is 1.29 bits per heavy atom. The van der Waals surface area contributed by atoms with Gasteiger partial charge in [-0.3, -0.25) is 0 Å². The molecule has 0 atom stereocenters. The molecular weight excluding hydrogens is 504 g/mol. The fourth-order valence-corrected chi connectivity index (χ4v) is 4.09. The smallest absolute Gasteiger partial charge is 0.230 e. The van der Waals surface area contributed by atoms with Crippen LogP contribution in [0.15, 0.2) is 93.0 Å². The van der Waals surface area contributed by atoms with Crippen molar-refractivity contribution in [2.75, 3.05) is 0 Å². The summed E-state index contributed by atoms with van der Waals surface area (Å²) in [6.45, 7) is 19.5. The first-order valence-electron chi connectivity index (χ1n) is 11.1. The molecule has 0 radical (unpaired) electrons. The molecule has 0 N–H and O–H groups in total. The molecule has 0 unspecified atom stereocenters. The highest BCUT2D eigenvalue weighted by Gasteiger charge is 2.25. The van der Waals surface area contributed by atoms with Crippen LogP contribution in [-0.4, -0.2) is 15.4 Å². The second kappa shape index (κ2) is 12.7. The van der Waals surface area contributed by atoms with Gasteiger partial charge in [-0.1, -0.05) is 38.3 Å². The van der Waals surface area contributed by atoms with Gasteiger partial charge in [-0.25, -0.2) is 4.98 Å². The fourth-order valence-electron chi connectivity index (χ4n) is 3.22. The molecule has 0 bridgehead atoms. The molecule has 0 aliphatic heterocycles. The SMILES string of the molecule is C=C/C(C#N)=C\C(=C/C)OC(/N=C(\C)OC(=C/C)/C=c1/ncn(C)c1=C)=C1/C(=C)CC(CC)=C1Br. The van der Waals surface area contributed by atoms with Crippen LogP contribution in [0.1, 0.15) is 40.5 Å². The quantitative estimate of drug-likeness (QED) is 0.140. The van der Waals surface area contributed by atoms with Crippen LogP contribution in [0.4, 0.5) is 0 Å². The molecule has 7 heteroatoms. The van der Waals surface area contributed by atoms with E-state index in [0.29, 0.717) is 34.2 Å². The molecule has 1 aliphatic carbocycles. The predicted molar refractivity (Wildman–Crippen MR) is 146 cm³/mol. The number of nitriles is 1. The van der Waals surface area contributed by atoms with Crippen molar-refractivity contribution in [3.05, 3.63) is 98.7 Å². The number of aliphatic imine (C=N–C) groups is 1. The van der Waals surface area contributed by atoms with Crippen molar-refractivity contribution in [3.8, 4) is 6.07 Å². The minimum Gasteiger partial charge on any atom is -0.443 e. The number of ether oxygens (including phenoxy) is 2. The molecule has 0 fully saturated rings. The van der Waals surface area contributed by atoms with Crippen LogP contribution in [0.5, 0.6) is 0 Å². The maximum atomic E-state index is 9.30. The van der Waals surface area contributed by atoms with Crippen LogP contribution in [0.25, 0.3) is 12.7 Å². The van der Waals surface area contributed by atoms with Crippen molar-refractivity contribution < 1.29 is 9.47 Å². The van der Waals surface area contributed by atoms with Crippen LogP contribution in [0.2, 0.25) is 0 Å². The third-order valence-corrected chi connectivity index (χ3v) is 6.23. The van der Waals surface area contributed by atoms with Crippen molar-refractivity contribution in [3.63, 3.8) is 0 Å². The number of nitrogens with zero attached hydrogens (tertiary/aromatic N) is 4. The molecule has 0 spiro atoms. The van der Waals surface area contributed by atoms with E-state index in [1.165, 1.54) is 11.6 Å². The van der Waals surface area contributed by atoms with E-state index < -0.39 is 0 Å². The second-order valence-corrected chi connectivity index (χ2v) is 8.49. The molecule has 2 rings (SSSR count). The summed E-state index contributed by atoms with van der Waals surface area (Å²) in [6.07, 6.45) is 11.8. The highest BCUT2D eigenvalue weighted by atomic mass is 79.9. The zero-order chi connectivity index (χ0) is 26.1. The van der Waals surface area contributed by atoms with Crippen LogP contribution >= 0.6 is 15.9 Å². The normalized spacial score (nSPS) is 17.6. The first-order valence-corrected chi connectivity index (χ1v) is 11.9. The average Bonchev–Trinajstić information content (AvgIpc) is 3.32. The Kier molecular flexibility index (Phi) is 10.0. The Labute approximate surface area is 215 Å². The van der Waals surface area contributed by atoms with Gasteiger partial charge < -0.3 is 14.0 Å². The lowest BCUT2D eigenvalue weighted by atomic mass is 10.1. The third kappa shape index (κ3) is 6.93. The van der Waals surface area contributed by atoms with Gasteiger partial charge in [0, 0.05) is 24.5 Å². The molecule has 1 aromatic heterocycles. The number of aryl methyl sites for hydroxylation is 1. The topological polar surface area (TPSA) is 72.4 Å². The lowest BCUT2D eigenvalue weighted by Crippen LogP contribution is -2.27. The van der Waals surface area contributed by atoms with Crippen molar-refractivity contribution in [1.29, 1.82) is 5.26 Å². The number of aromatic nitrogens is 2. The van der Waals surface area contributed by atoms with Crippen molar-refractivity contribution in [2.45, 2.75) is 40.5 Å². The fraction of sp³-hybridized carbons (Fsp3) is 0.250. The molecule has 1 heterocycles. The van der Waals surface area contributed by atoms with E-state index in [4.69, 9.17) is 9.47 Å². The summed E-state index contributed by atoms with van der Waals surface area (Å²) in [6, 6.07) is 2.08. The number of rotatable bonds is 8. The van der Waals surface area contributed by atoms with E-state index in [1.54, 1.807) is 31.5 Å². The number of imidazole rings is 1. The van der Waals surface area contributed by atoms with Crippen molar-refractivity contribution in [1.82, 2.24) is 9.55 Å². The highest BCUT2D eigenvalue weighted by molar-refractivity contribution is 9.12. The molecule has 0 saturated carbocycles.